The Morgan fingerprint density at radius 2 is 2.09 bits per heavy atom. The van der Waals surface area contributed by atoms with Gasteiger partial charge in [0.05, 0.1) is 30.2 Å². The van der Waals surface area contributed by atoms with Crippen LogP contribution in [0.1, 0.15) is 50.7 Å². The van der Waals surface area contributed by atoms with Gasteiger partial charge >= 0.3 is 6.18 Å². The van der Waals surface area contributed by atoms with Gasteiger partial charge in [-0.2, -0.15) is 13.2 Å². The Balaban J connectivity index is 1.48. The lowest BCUT2D eigenvalue weighted by Gasteiger charge is -2.40. The van der Waals surface area contributed by atoms with Crippen LogP contribution in [-0.2, 0) is 27.0 Å². The van der Waals surface area contributed by atoms with E-state index in [0.717, 1.165) is 31.4 Å². The van der Waals surface area contributed by atoms with Crippen LogP contribution < -0.4 is 10.1 Å². The first-order valence-corrected chi connectivity index (χ1v) is 11.6. The summed E-state index contributed by atoms with van der Waals surface area (Å²) in [6, 6.07) is 3.80. The van der Waals surface area contributed by atoms with Crippen LogP contribution in [0.15, 0.2) is 18.2 Å². The standard InChI is InChI=1S/C24H33F3N2O4/c1-15(2)23(8-6-18(11-23)28-19-7-9-32-13-21(19)31-3)22(30)29-12-16-10-17(24(25,26)27)4-5-20(16)33-14-29/h4-5,10,15,18-19,21,28H,6-9,11-14H2,1-3H3/t18-,19+,21-,23+/m1/s1. The maximum absolute atomic E-state index is 13.8. The van der Waals surface area contributed by atoms with Gasteiger partial charge in [0.15, 0.2) is 6.73 Å². The Morgan fingerprint density at radius 3 is 2.79 bits per heavy atom. The Labute approximate surface area is 192 Å². The van der Waals surface area contributed by atoms with Gasteiger partial charge in [-0.25, -0.2) is 0 Å². The van der Waals surface area contributed by atoms with Crippen LogP contribution in [0.3, 0.4) is 0 Å². The lowest BCUT2D eigenvalue weighted by atomic mass is 9.74. The fraction of sp³-hybridized carbons (Fsp3) is 0.708. The Bertz CT molecular complexity index is 863. The second-order valence-electron chi connectivity index (χ2n) is 9.76. The Hall–Kier alpha value is -1.84. The number of carbonyl (C=O) groups is 1. The lowest BCUT2D eigenvalue weighted by Crippen LogP contribution is -2.52. The number of amides is 1. The van der Waals surface area contributed by atoms with Crippen LogP contribution >= 0.6 is 0 Å². The number of benzene rings is 1. The summed E-state index contributed by atoms with van der Waals surface area (Å²) in [6.07, 6.45) is -1.32. The zero-order chi connectivity index (χ0) is 23.8. The van der Waals surface area contributed by atoms with Crippen molar-refractivity contribution in [1.82, 2.24) is 10.2 Å². The minimum Gasteiger partial charge on any atom is -0.473 e. The minimum atomic E-state index is -4.44. The van der Waals surface area contributed by atoms with Gasteiger partial charge in [0, 0.05) is 31.4 Å². The average Bonchev–Trinajstić information content (AvgIpc) is 3.23. The largest absolute Gasteiger partial charge is 0.473 e. The minimum absolute atomic E-state index is 0.0154. The number of rotatable bonds is 5. The molecule has 0 spiro atoms. The molecule has 0 radical (unpaired) electrons. The van der Waals surface area contributed by atoms with Crippen LogP contribution in [0.2, 0.25) is 0 Å². The molecule has 0 unspecified atom stereocenters. The van der Waals surface area contributed by atoms with E-state index in [1.54, 1.807) is 12.0 Å². The van der Waals surface area contributed by atoms with E-state index in [0.29, 0.717) is 30.9 Å². The van der Waals surface area contributed by atoms with E-state index < -0.39 is 17.2 Å². The van der Waals surface area contributed by atoms with Crippen molar-refractivity contribution in [2.24, 2.45) is 11.3 Å². The number of nitrogens with one attached hydrogen (secondary N) is 1. The maximum Gasteiger partial charge on any atom is 0.416 e. The first-order chi connectivity index (χ1) is 15.6. The van der Waals surface area contributed by atoms with Crippen molar-refractivity contribution in [2.75, 3.05) is 27.1 Å². The fourth-order valence-corrected chi connectivity index (χ4v) is 5.49. The number of carbonyl (C=O) groups excluding carboxylic acids is 1. The van der Waals surface area contributed by atoms with Gasteiger partial charge in [0.2, 0.25) is 5.91 Å². The number of nitrogens with zero attached hydrogens (tertiary/aromatic N) is 1. The maximum atomic E-state index is 13.8. The van der Waals surface area contributed by atoms with Crippen LogP contribution in [-0.4, -0.2) is 56.0 Å². The van der Waals surface area contributed by atoms with E-state index >= 15 is 0 Å². The summed E-state index contributed by atoms with van der Waals surface area (Å²) >= 11 is 0. The van der Waals surface area contributed by atoms with Crippen molar-refractivity contribution in [2.45, 2.75) is 70.4 Å². The van der Waals surface area contributed by atoms with Crippen molar-refractivity contribution < 1.29 is 32.2 Å². The zero-order valence-electron chi connectivity index (χ0n) is 19.4. The van der Waals surface area contributed by atoms with Crippen molar-refractivity contribution in [1.29, 1.82) is 0 Å². The number of hydrogen-bond donors (Lipinski definition) is 1. The molecule has 1 aliphatic carbocycles. The second kappa shape index (κ2) is 9.43. The fourth-order valence-electron chi connectivity index (χ4n) is 5.49. The zero-order valence-corrected chi connectivity index (χ0v) is 19.4. The first kappa shape index (κ1) is 24.3. The van der Waals surface area contributed by atoms with Crippen molar-refractivity contribution >= 4 is 5.91 Å². The molecule has 1 aromatic carbocycles. The quantitative estimate of drug-likeness (QED) is 0.706. The second-order valence-corrected chi connectivity index (χ2v) is 9.76. The summed E-state index contributed by atoms with van der Waals surface area (Å²) in [5.74, 6) is 0.453. The summed E-state index contributed by atoms with van der Waals surface area (Å²) < 4.78 is 56.3. The molecule has 1 saturated carbocycles. The highest BCUT2D eigenvalue weighted by Gasteiger charge is 2.50. The molecule has 2 fully saturated rings. The molecular formula is C24H33F3N2O4. The highest BCUT2D eigenvalue weighted by molar-refractivity contribution is 5.83. The van der Waals surface area contributed by atoms with Gasteiger partial charge < -0.3 is 24.4 Å². The van der Waals surface area contributed by atoms with E-state index in [4.69, 9.17) is 14.2 Å². The van der Waals surface area contributed by atoms with Crippen LogP contribution in [0, 0.1) is 11.3 Å². The van der Waals surface area contributed by atoms with Crippen LogP contribution in [0.4, 0.5) is 13.2 Å². The van der Waals surface area contributed by atoms with Gasteiger partial charge in [-0.3, -0.25) is 4.79 Å². The van der Waals surface area contributed by atoms with Crippen molar-refractivity contribution in [3.8, 4) is 5.75 Å². The molecule has 4 rings (SSSR count). The van der Waals surface area contributed by atoms with Crippen molar-refractivity contribution in [3.63, 3.8) is 0 Å². The SMILES string of the molecule is CO[C@@H]1COCC[C@@H]1N[C@@H]1CC[C@@](C(=O)N2COc3ccc(C(F)(F)F)cc3C2)(C(C)C)C1. The summed E-state index contributed by atoms with van der Waals surface area (Å²) in [4.78, 5) is 15.3. The number of fused-ring (bicyclic) bond motifs is 1. The summed E-state index contributed by atoms with van der Waals surface area (Å²) in [5.41, 5.74) is -0.915. The predicted octanol–water partition coefficient (Wildman–Crippen LogP) is 3.97. The molecule has 2 heterocycles. The molecule has 4 atom stereocenters. The number of methoxy groups -OCH3 is 1. The molecular weight excluding hydrogens is 437 g/mol. The molecule has 1 aromatic rings. The summed E-state index contributed by atoms with van der Waals surface area (Å²) in [5, 5.41) is 3.69. The van der Waals surface area contributed by atoms with E-state index in [1.807, 2.05) is 13.8 Å². The molecule has 0 aromatic heterocycles. The van der Waals surface area contributed by atoms with E-state index in [9.17, 15) is 18.0 Å². The first-order valence-electron chi connectivity index (χ1n) is 11.6. The van der Waals surface area contributed by atoms with Crippen LogP contribution in [0.5, 0.6) is 5.75 Å². The monoisotopic (exact) mass is 470 g/mol. The third-order valence-corrected chi connectivity index (χ3v) is 7.55. The third kappa shape index (κ3) is 4.86. The van der Waals surface area contributed by atoms with E-state index in [1.165, 1.54) is 6.07 Å². The highest BCUT2D eigenvalue weighted by atomic mass is 19.4. The summed E-state index contributed by atoms with van der Waals surface area (Å²) in [6.45, 7) is 5.51. The topological polar surface area (TPSA) is 60.0 Å². The molecule has 3 aliphatic rings. The van der Waals surface area contributed by atoms with Gasteiger partial charge in [-0.15, -0.1) is 0 Å². The van der Waals surface area contributed by atoms with Gasteiger partial charge in [-0.05, 0) is 49.8 Å². The Kier molecular flexibility index (Phi) is 6.94. The number of alkyl halides is 3. The molecule has 1 N–H and O–H groups in total. The third-order valence-electron chi connectivity index (χ3n) is 7.55. The molecule has 1 amide bonds. The molecule has 0 bridgehead atoms. The summed E-state index contributed by atoms with van der Waals surface area (Å²) in [7, 11) is 1.68. The number of hydrogen-bond acceptors (Lipinski definition) is 5. The van der Waals surface area contributed by atoms with Crippen LogP contribution in [0.25, 0.3) is 0 Å². The van der Waals surface area contributed by atoms with Gasteiger partial charge in [0.25, 0.3) is 0 Å². The lowest BCUT2D eigenvalue weighted by molar-refractivity contribution is -0.150. The molecule has 1 saturated heterocycles. The predicted molar refractivity (Wildman–Crippen MR) is 116 cm³/mol. The highest BCUT2D eigenvalue weighted by Crippen LogP contribution is 2.47. The van der Waals surface area contributed by atoms with Crippen molar-refractivity contribution in [3.05, 3.63) is 29.3 Å². The van der Waals surface area contributed by atoms with Gasteiger partial charge in [0.1, 0.15) is 5.75 Å². The molecule has 9 heteroatoms. The number of ether oxygens (including phenoxy) is 3. The molecule has 6 nitrogen and oxygen atoms in total. The number of halogens is 3. The smallest absolute Gasteiger partial charge is 0.416 e. The molecule has 2 aliphatic heterocycles. The normalized spacial score (nSPS) is 30.3. The van der Waals surface area contributed by atoms with E-state index in [2.05, 4.69) is 5.32 Å². The van der Waals surface area contributed by atoms with E-state index in [-0.39, 0.29) is 43.3 Å². The average molecular weight is 471 g/mol. The molecule has 33 heavy (non-hydrogen) atoms. The van der Waals surface area contributed by atoms with Gasteiger partial charge in [-0.1, -0.05) is 13.8 Å². The Morgan fingerprint density at radius 1 is 1.30 bits per heavy atom. The molecule has 184 valence electrons.